The van der Waals surface area contributed by atoms with Crippen LogP contribution in [0.2, 0.25) is 0 Å². The van der Waals surface area contributed by atoms with Crippen molar-refractivity contribution >= 4 is 5.82 Å². The molecule has 0 unspecified atom stereocenters. The highest BCUT2D eigenvalue weighted by Gasteiger charge is 2.30. The maximum atomic E-state index is 12.0. The highest BCUT2D eigenvalue weighted by atomic mass is 19.4. The van der Waals surface area contributed by atoms with Gasteiger partial charge in [-0.05, 0) is 31.2 Å². The molecule has 0 saturated carbocycles. The van der Waals surface area contributed by atoms with Gasteiger partial charge in [-0.15, -0.1) is 13.2 Å². The molecule has 8 heteroatoms. The van der Waals surface area contributed by atoms with Gasteiger partial charge in [-0.1, -0.05) is 0 Å². The molecule has 5 nitrogen and oxygen atoms in total. The van der Waals surface area contributed by atoms with Crippen molar-refractivity contribution in [3.8, 4) is 17.4 Å². The minimum absolute atomic E-state index is 0.315. The lowest BCUT2D eigenvalue weighted by Crippen LogP contribution is -2.16. The molecule has 1 N–H and O–H groups in total. The van der Waals surface area contributed by atoms with Crippen molar-refractivity contribution in [1.82, 2.24) is 9.97 Å². The molecule has 0 saturated heterocycles. The van der Waals surface area contributed by atoms with Crippen LogP contribution in [0.4, 0.5) is 19.0 Å². The molecule has 0 bridgehead atoms. The molecule has 1 heterocycles. The second-order valence-corrected chi connectivity index (χ2v) is 4.02. The van der Waals surface area contributed by atoms with E-state index in [1.54, 1.807) is 14.0 Å². The highest BCUT2D eigenvalue weighted by molar-refractivity contribution is 5.48. The van der Waals surface area contributed by atoms with Gasteiger partial charge in [0, 0.05) is 7.05 Å². The molecular formula is C13H12F3N3O2. The number of rotatable bonds is 4. The number of halogens is 3. The lowest BCUT2D eigenvalue weighted by molar-refractivity contribution is -0.274. The monoisotopic (exact) mass is 299 g/mol. The van der Waals surface area contributed by atoms with E-state index in [1.807, 2.05) is 0 Å². The summed E-state index contributed by atoms with van der Waals surface area (Å²) in [5, 5.41) is 2.88. The van der Waals surface area contributed by atoms with Crippen LogP contribution >= 0.6 is 0 Å². The molecule has 0 radical (unpaired) electrons. The zero-order chi connectivity index (χ0) is 15.5. The van der Waals surface area contributed by atoms with Crippen molar-refractivity contribution in [1.29, 1.82) is 0 Å². The van der Waals surface area contributed by atoms with Gasteiger partial charge in [0.15, 0.2) is 0 Å². The Morgan fingerprint density at radius 3 is 2.24 bits per heavy atom. The standard InChI is InChI=1S/C13H12F3N3O2/c1-8-11(17-2)18-7-19-12(8)20-9-3-5-10(6-4-9)21-13(14,15)16/h3-7H,1-2H3,(H,17,18,19). The molecule has 112 valence electrons. The first-order chi connectivity index (χ1) is 9.89. The smallest absolute Gasteiger partial charge is 0.439 e. The number of alkyl halides is 3. The number of nitrogens with one attached hydrogen (secondary N) is 1. The van der Waals surface area contributed by atoms with Gasteiger partial charge in [-0.25, -0.2) is 9.97 Å². The minimum atomic E-state index is -4.71. The minimum Gasteiger partial charge on any atom is -0.439 e. The quantitative estimate of drug-likeness (QED) is 0.936. The van der Waals surface area contributed by atoms with Gasteiger partial charge in [-0.3, -0.25) is 0 Å². The van der Waals surface area contributed by atoms with E-state index in [-0.39, 0.29) is 5.75 Å². The summed E-state index contributed by atoms with van der Waals surface area (Å²) in [5.41, 5.74) is 0.690. The van der Waals surface area contributed by atoms with Gasteiger partial charge in [-0.2, -0.15) is 0 Å². The van der Waals surface area contributed by atoms with Crippen molar-refractivity contribution in [3.63, 3.8) is 0 Å². The van der Waals surface area contributed by atoms with Crippen LogP contribution in [0.25, 0.3) is 0 Å². The fraction of sp³-hybridized carbons (Fsp3) is 0.231. The zero-order valence-corrected chi connectivity index (χ0v) is 11.2. The average molecular weight is 299 g/mol. The van der Waals surface area contributed by atoms with Crippen LogP contribution in [-0.4, -0.2) is 23.4 Å². The first-order valence-corrected chi connectivity index (χ1v) is 5.92. The molecule has 0 aliphatic heterocycles. The van der Waals surface area contributed by atoms with Gasteiger partial charge in [0.1, 0.15) is 23.6 Å². The number of nitrogens with zero attached hydrogens (tertiary/aromatic N) is 2. The molecule has 1 aromatic heterocycles. The highest BCUT2D eigenvalue weighted by Crippen LogP contribution is 2.28. The molecule has 0 atom stereocenters. The Kier molecular flexibility index (Phi) is 4.15. The number of anilines is 1. The summed E-state index contributed by atoms with van der Waals surface area (Å²) < 4.78 is 45.4. The molecule has 2 rings (SSSR count). The third-order valence-corrected chi connectivity index (χ3v) is 2.55. The maximum absolute atomic E-state index is 12.0. The van der Waals surface area contributed by atoms with Crippen LogP contribution in [0.15, 0.2) is 30.6 Å². The predicted octanol–water partition coefficient (Wildman–Crippen LogP) is 3.52. The Hall–Kier alpha value is -2.51. The largest absolute Gasteiger partial charge is 0.573 e. The summed E-state index contributed by atoms with van der Waals surface area (Å²) in [4.78, 5) is 7.99. The molecule has 2 aromatic rings. The second kappa shape index (κ2) is 5.86. The first-order valence-electron chi connectivity index (χ1n) is 5.92. The van der Waals surface area contributed by atoms with Crippen LogP contribution < -0.4 is 14.8 Å². The number of ether oxygens (including phenoxy) is 2. The molecule has 1 aromatic carbocycles. The number of hydrogen-bond acceptors (Lipinski definition) is 5. The average Bonchev–Trinajstić information content (AvgIpc) is 2.42. The first kappa shape index (κ1) is 14.9. The summed E-state index contributed by atoms with van der Waals surface area (Å²) in [5.74, 6) is 0.953. The topological polar surface area (TPSA) is 56.3 Å². The Morgan fingerprint density at radius 1 is 1.05 bits per heavy atom. The van der Waals surface area contributed by atoms with E-state index in [0.29, 0.717) is 23.0 Å². The molecule has 21 heavy (non-hydrogen) atoms. The third kappa shape index (κ3) is 3.98. The Labute approximate surface area is 118 Å². The van der Waals surface area contributed by atoms with Crippen molar-refractivity contribution in [3.05, 3.63) is 36.2 Å². The zero-order valence-electron chi connectivity index (χ0n) is 11.2. The second-order valence-electron chi connectivity index (χ2n) is 4.02. The molecular weight excluding hydrogens is 287 g/mol. The summed E-state index contributed by atoms with van der Waals surface area (Å²) in [6.07, 6.45) is -3.39. The summed E-state index contributed by atoms with van der Waals surface area (Å²) in [6.45, 7) is 1.77. The van der Waals surface area contributed by atoms with Crippen molar-refractivity contribution < 1.29 is 22.6 Å². The van der Waals surface area contributed by atoms with Gasteiger partial charge in [0.25, 0.3) is 0 Å². The lowest BCUT2D eigenvalue weighted by atomic mass is 10.3. The Balaban J connectivity index is 2.14. The Morgan fingerprint density at radius 2 is 1.67 bits per heavy atom. The van der Waals surface area contributed by atoms with Crippen molar-refractivity contribution in [2.24, 2.45) is 0 Å². The summed E-state index contributed by atoms with van der Waals surface area (Å²) >= 11 is 0. The molecule has 0 fully saturated rings. The number of aromatic nitrogens is 2. The van der Waals surface area contributed by atoms with Crippen molar-refractivity contribution in [2.45, 2.75) is 13.3 Å². The summed E-state index contributed by atoms with van der Waals surface area (Å²) in [7, 11) is 1.71. The van der Waals surface area contributed by atoms with Crippen LogP contribution in [0, 0.1) is 6.92 Å². The number of hydrogen-bond donors (Lipinski definition) is 1. The predicted molar refractivity (Wildman–Crippen MR) is 69.5 cm³/mol. The number of benzene rings is 1. The molecule has 0 aliphatic carbocycles. The molecule has 0 spiro atoms. The van der Waals surface area contributed by atoms with E-state index in [0.717, 1.165) is 0 Å². The van der Waals surface area contributed by atoms with Crippen LogP contribution in [0.5, 0.6) is 17.4 Å². The van der Waals surface area contributed by atoms with E-state index >= 15 is 0 Å². The summed E-state index contributed by atoms with van der Waals surface area (Å²) in [6, 6.07) is 5.06. The van der Waals surface area contributed by atoms with Crippen LogP contribution in [0.3, 0.4) is 0 Å². The van der Waals surface area contributed by atoms with Crippen LogP contribution in [-0.2, 0) is 0 Å². The fourth-order valence-electron chi connectivity index (χ4n) is 1.61. The molecule has 0 amide bonds. The van der Waals surface area contributed by atoms with E-state index in [2.05, 4.69) is 20.0 Å². The Bertz CT molecular complexity index is 615. The van der Waals surface area contributed by atoms with Gasteiger partial charge < -0.3 is 14.8 Å². The fourth-order valence-corrected chi connectivity index (χ4v) is 1.61. The maximum Gasteiger partial charge on any atom is 0.573 e. The van der Waals surface area contributed by atoms with Gasteiger partial charge in [0.2, 0.25) is 5.88 Å². The third-order valence-electron chi connectivity index (χ3n) is 2.55. The van der Waals surface area contributed by atoms with Crippen molar-refractivity contribution in [2.75, 3.05) is 12.4 Å². The van der Waals surface area contributed by atoms with E-state index in [4.69, 9.17) is 4.74 Å². The SMILES string of the molecule is CNc1ncnc(Oc2ccc(OC(F)(F)F)cc2)c1C. The van der Waals surface area contributed by atoms with Gasteiger partial charge in [0.05, 0.1) is 5.56 Å². The van der Waals surface area contributed by atoms with Gasteiger partial charge >= 0.3 is 6.36 Å². The van der Waals surface area contributed by atoms with E-state index < -0.39 is 6.36 Å². The molecule has 0 aliphatic rings. The van der Waals surface area contributed by atoms with Crippen LogP contribution in [0.1, 0.15) is 5.56 Å². The van der Waals surface area contributed by atoms with E-state index in [9.17, 15) is 13.2 Å². The lowest BCUT2D eigenvalue weighted by Gasteiger charge is -2.11. The normalized spacial score (nSPS) is 11.1. The van der Waals surface area contributed by atoms with E-state index in [1.165, 1.54) is 30.6 Å².